The SMILES string of the molecule is O=C(CCNC(=O)C(=Cc1ccco1)NC(=O)c1ccccc1)Nc1ccccc1. The number of hydrogen-bond acceptors (Lipinski definition) is 4. The van der Waals surface area contributed by atoms with Crippen molar-refractivity contribution in [3.8, 4) is 0 Å². The second-order valence-electron chi connectivity index (χ2n) is 6.31. The Morgan fingerprint density at radius 2 is 1.57 bits per heavy atom. The average Bonchev–Trinajstić information content (AvgIpc) is 3.27. The summed E-state index contributed by atoms with van der Waals surface area (Å²) in [5.41, 5.74) is 1.11. The molecule has 3 rings (SSSR count). The Bertz CT molecular complexity index is 1010. The number of amides is 3. The molecule has 0 fully saturated rings. The summed E-state index contributed by atoms with van der Waals surface area (Å²) in [7, 11) is 0. The molecule has 3 N–H and O–H groups in total. The Kier molecular flexibility index (Phi) is 7.16. The molecule has 0 aliphatic rings. The number of nitrogens with one attached hydrogen (secondary N) is 3. The molecule has 0 aliphatic heterocycles. The summed E-state index contributed by atoms with van der Waals surface area (Å²) in [5.74, 6) is -0.768. The molecule has 0 radical (unpaired) electrons. The number of benzene rings is 2. The topological polar surface area (TPSA) is 100 Å². The zero-order valence-electron chi connectivity index (χ0n) is 16.1. The van der Waals surface area contributed by atoms with Crippen molar-refractivity contribution in [1.82, 2.24) is 10.6 Å². The average molecular weight is 403 g/mol. The van der Waals surface area contributed by atoms with Crippen LogP contribution in [0.4, 0.5) is 5.69 Å². The first-order valence-electron chi connectivity index (χ1n) is 9.36. The van der Waals surface area contributed by atoms with Crippen LogP contribution in [0.2, 0.25) is 0 Å². The van der Waals surface area contributed by atoms with Crippen LogP contribution in [0.15, 0.2) is 89.2 Å². The van der Waals surface area contributed by atoms with E-state index in [4.69, 9.17) is 4.42 Å². The predicted molar refractivity (Wildman–Crippen MR) is 113 cm³/mol. The van der Waals surface area contributed by atoms with Crippen LogP contribution in [-0.2, 0) is 9.59 Å². The van der Waals surface area contributed by atoms with Crippen molar-refractivity contribution in [3.05, 3.63) is 96.1 Å². The van der Waals surface area contributed by atoms with E-state index in [0.717, 1.165) is 0 Å². The third kappa shape index (κ3) is 6.20. The van der Waals surface area contributed by atoms with Gasteiger partial charge in [0.15, 0.2) is 0 Å². The van der Waals surface area contributed by atoms with Gasteiger partial charge in [0.1, 0.15) is 11.5 Å². The zero-order chi connectivity index (χ0) is 21.2. The van der Waals surface area contributed by atoms with Gasteiger partial charge in [-0.25, -0.2) is 0 Å². The molecule has 0 spiro atoms. The van der Waals surface area contributed by atoms with Crippen LogP contribution in [0.25, 0.3) is 6.08 Å². The van der Waals surface area contributed by atoms with Crippen LogP contribution >= 0.6 is 0 Å². The van der Waals surface area contributed by atoms with E-state index in [1.54, 1.807) is 54.6 Å². The third-order valence-corrected chi connectivity index (χ3v) is 4.05. The van der Waals surface area contributed by atoms with E-state index in [1.165, 1.54) is 12.3 Å². The monoisotopic (exact) mass is 403 g/mol. The van der Waals surface area contributed by atoms with Crippen LogP contribution in [0.5, 0.6) is 0 Å². The zero-order valence-corrected chi connectivity index (χ0v) is 16.1. The van der Waals surface area contributed by atoms with Gasteiger partial charge in [0.05, 0.1) is 6.26 Å². The van der Waals surface area contributed by atoms with E-state index < -0.39 is 11.8 Å². The van der Waals surface area contributed by atoms with E-state index in [2.05, 4.69) is 16.0 Å². The molecule has 7 heteroatoms. The van der Waals surface area contributed by atoms with Crippen molar-refractivity contribution in [3.63, 3.8) is 0 Å². The van der Waals surface area contributed by atoms with E-state index >= 15 is 0 Å². The first-order valence-corrected chi connectivity index (χ1v) is 9.36. The standard InChI is InChI=1S/C23H21N3O4/c27-21(25-18-10-5-2-6-11-18)13-14-24-23(29)20(16-19-12-7-15-30-19)26-22(28)17-8-3-1-4-9-17/h1-12,15-16H,13-14H2,(H,24,29)(H,25,27)(H,26,28). The fourth-order valence-corrected chi connectivity index (χ4v) is 2.59. The maximum Gasteiger partial charge on any atom is 0.267 e. The number of carbonyl (C=O) groups excluding carboxylic acids is 3. The van der Waals surface area contributed by atoms with Crippen molar-refractivity contribution in [1.29, 1.82) is 0 Å². The lowest BCUT2D eigenvalue weighted by molar-refractivity contribution is -0.118. The maximum atomic E-state index is 12.6. The molecular weight excluding hydrogens is 382 g/mol. The Labute approximate surface area is 173 Å². The van der Waals surface area contributed by atoms with E-state index in [9.17, 15) is 14.4 Å². The molecule has 7 nitrogen and oxygen atoms in total. The van der Waals surface area contributed by atoms with Gasteiger partial charge in [0, 0.05) is 30.3 Å². The summed E-state index contributed by atoms with van der Waals surface area (Å²) in [6, 6.07) is 20.9. The van der Waals surface area contributed by atoms with Crippen LogP contribution in [0.1, 0.15) is 22.5 Å². The first-order chi connectivity index (χ1) is 14.6. The van der Waals surface area contributed by atoms with Crippen molar-refractivity contribution < 1.29 is 18.8 Å². The van der Waals surface area contributed by atoms with Crippen molar-refractivity contribution in [2.45, 2.75) is 6.42 Å². The molecule has 0 bridgehead atoms. The highest BCUT2D eigenvalue weighted by Gasteiger charge is 2.15. The molecule has 0 aliphatic carbocycles. The molecule has 3 amide bonds. The summed E-state index contributed by atoms with van der Waals surface area (Å²) in [6.07, 6.45) is 2.98. The number of carbonyl (C=O) groups is 3. The van der Waals surface area contributed by atoms with E-state index in [-0.39, 0.29) is 24.6 Å². The van der Waals surface area contributed by atoms with Crippen LogP contribution < -0.4 is 16.0 Å². The number of furan rings is 1. The summed E-state index contributed by atoms with van der Waals surface area (Å²) in [4.78, 5) is 37.1. The van der Waals surface area contributed by atoms with Gasteiger partial charge in [-0.1, -0.05) is 36.4 Å². The third-order valence-electron chi connectivity index (χ3n) is 4.05. The highest BCUT2D eigenvalue weighted by Crippen LogP contribution is 2.08. The molecule has 3 aromatic rings. The lowest BCUT2D eigenvalue weighted by atomic mass is 10.2. The highest BCUT2D eigenvalue weighted by molar-refractivity contribution is 6.05. The predicted octanol–water partition coefficient (Wildman–Crippen LogP) is 3.20. The number of hydrogen-bond donors (Lipinski definition) is 3. The lowest BCUT2D eigenvalue weighted by Crippen LogP contribution is -2.36. The van der Waals surface area contributed by atoms with Crippen LogP contribution in [0, 0.1) is 0 Å². The summed E-state index contributed by atoms with van der Waals surface area (Å²) >= 11 is 0. The molecule has 2 aromatic carbocycles. The Hall–Kier alpha value is -4.13. The largest absolute Gasteiger partial charge is 0.465 e. The van der Waals surface area contributed by atoms with E-state index in [1.807, 2.05) is 18.2 Å². The van der Waals surface area contributed by atoms with Gasteiger partial charge in [-0.15, -0.1) is 0 Å². The maximum absolute atomic E-state index is 12.6. The molecule has 0 saturated carbocycles. The molecule has 30 heavy (non-hydrogen) atoms. The number of rotatable bonds is 8. The van der Waals surface area contributed by atoms with Gasteiger partial charge in [-0.2, -0.15) is 0 Å². The fraction of sp³-hybridized carbons (Fsp3) is 0.0870. The van der Waals surface area contributed by atoms with Crippen molar-refractivity contribution in [2.75, 3.05) is 11.9 Å². The van der Waals surface area contributed by atoms with Gasteiger partial charge < -0.3 is 20.4 Å². The van der Waals surface area contributed by atoms with Crippen molar-refractivity contribution in [2.24, 2.45) is 0 Å². The van der Waals surface area contributed by atoms with Gasteiger partial charge >= 0.3 is 0 Å². The minimum absolute atomic E-state index is 0.0160. The Morgan fingerprint density at radius 3 is 2.23 bits per heavy atom. The highest BCUT2D eigenvalue weighted by atomic mass is 16.3. The molecule has 0 unspecified atom stereocenters. The minimum atomic E-state index is -0.525. The molecular formula is C23H21N3O4. The summed E-state index contributed by atoms with van der Waals surface area (Å²) in [5, 5.41) is 7.99. The number of anilines is 1. The lowest BCUT2D eigenvalue weighted by Gasteiger charge is -2.11. The molecule has 0 saturated heterocycles. The second kappa shape index (κ2) is 10.4. The van der Waals surface area contributed by atoms with Gasteiger partial charge in [0.25, 0.3) is 11.8 Å². The van der Waals surface area contributed by atoms with Crippen LogP contribution in [-0.4, -0.2) is 24.3 Å². The quantitative estimate of drug-likeness (QED) is 0.503. The summed E-state index contributed by atoms with van der Waals surface area (Å²) in [6.45, 7) is 0.105. The van der Waals surface area contributed by atoms with Crippen molar-refractivity contribution >= 4 is 29.5 Å². The number of para-hydroxylation sites is 1. The minimum Gasteiger partial charge on any atom is -0.465 e. The summed E-state index contributed by atoms with van der Waals surface area (Å²) < 4.78 is 5.24. The molecule has 0 atom stereocenters. The molecule has 1 aromatic heterocycles. The smallest absolute Gasteiger partial charge is 0.267 e. The van der Waals surface area contributed by atoms with Gasteiger partial charge in [-0.3, -0.25) is 14.4 Å². The molecule has 1 heterocycles. The second-order valence-corrected chi connectivity index (χ2v) is 6.31. The normalized spacial score (nSPS) is 10.9. The first kappa shape index (κ1) is 20.6. The van der Waals surface area contributed by atoms with Gasteiger partial charge in [-0.05, 0) is 36.4 Å². The Morgan fingerprint density at radius 1 is 0.867 bits per heavy atom. The van der Waals surface area contributed by atoms with E-state index in [0.29, 0.717) is 17.0 Å². The van der Waals surface area contributed by atoms with Gasteiger partial charge in [0.2, 0.25) is 5.91 Å². The fourth-order valence-electron chi connectivity index (χ4n) is 2.59. The Balaban J connectivity index is 1.59. The molecule has 152 valence electrons. The van der Waals surface area contributed by atoms with Crippen LogP contribution in [0.3, 0.4) is 0 Å².